The summed E-state index contributed by atoms with van der Waals surface area (Å²) < 4.78 is 11.1. The van der Waals surface area contributed by atoms with Crippen molar-refractivity contribution in [3.8, 4) is 0 Å². The zero-order valence-corrected chi connectivity index (χ0v) is 15.2. The second-order valence-electron chi connectivity index (χ2n) is 8.20. The van der Waals surface area contributed by atoms with Crippen LogP contribution in [0.25, 0.3) is 0 Å². The molecule has 2 aliphatic carbocycles. The summed E-state index contributed by atoms with van der Waals surface area (Å²) in [5, 5.41) is 0. The Morgan fingerprint density at radius 2 is 1.96 bits per heavy atom. The van der Waals surface area contributed by atoms with Gasteiger partial charge in [0.2, 0.25) is 0 Å². The Kier molecular flexibility index (Phi) is 5.74. The van der Waals surface area contributed by atoms with E-state index in [9.17, 15) is 9.59 Å². The van der Waals surface area contributed by atoms with Gasteiger partial charge in [-0.05, 0) is 77.6 Å². The van der Waals surface area contributed by atoms with Gasteiger partial charge in [0.15, 0.2) is 0 Å². The molecule has 0 aromatic carbocycles. The fourth-order valence-corrected chi connectivity index (χ4v) is 3.87. The maximum atomic E-state index is 12.1. The fourth-order valence-electron chi connectivity index (χ4n) is 3.87. The topological polar surface area (TPSA) is 52.6 Å². The maximum absolute atomic E-state index is 12.1. The van der Waals surface area contributed by atoms with Gasteiger partial charge in [0, 0.05) is 6.42 Å². The first kappa shape index (κ1) is 18.3. The van der Waals surface area contributed by atoms with Crippen LogP contribution in [0.4, 0.5) is 0 Å². The molecule has 2 bridgehead atoms. The van der Waals surface area contributed by atoms with Crippen LogP contribution in [0, 0.1) is 17.3 Å². The summed E-state index contributed by atoms with van der Waals surface area (Å²) in [7, 11) is 0. The van der Waals surface area contributed by atoms with E-state index in [1.807, 2.05) is 20.8 Å². The zero-order valence-electron chi connectivity index (χ0n) is 15.2. The molecule has 3 atom stereocenters. The van der Waals surface area contributed by atoms with Gasteiger partial charge in [-0.25, -0.2) is 0 Å². The van der Waals surface area contributed by atoms with Crippen LogP contribution in [0.2, 0.25) is 0 Å². The SMILES string of the molecule is CCC(C)(C)C(=O)OCCCCC(=O)OC1(C)CC2CCC1C2. The van der Waals surface area contributed by atoms with Crippen LogP contribution in [0.1, 0.15) is 79.1 Å². The minimum atomic E-state index is -0.421. The highest BCUT2D eigenvalue weighted by Gasteiger charge is 2.50. The van der Waals surface area contributed by atoms with Gasteiger partial charge >= 0.3 is 11.9 Å². The zero-order chi connectivity index (χ0) is 17.1. The Hall–Kier alpha value is -1.06. The summed E-state index contributed by atoms with van der Waals surface area (Å²) in [6, 6.07) is 0. The molecule has 0 spiro atoms. The van der Waals surface area contributed by atoms with E-state index >= 15 is 0 Å². The predicted molar refractivity (Wildman–Crippen MR) is 88.8 cm³/mol. The third kappa shape index (κ3) is 4.48. The molecule has 0 N–H and O–H groups in total. The van der Waals surface area contributed by atoms with Crippen molar-refractivity contribution in [2.45, 2.75) is 84.7 Å². The number of unbranched alkanes of at least 4 members (excludes halogenated alkanes) is 1. The van der Waals surface area contributed by atoms with Crippen molar-refractivity contribution in [2.24, 2.45) is 17.3 Å². The molecule has 0 saturated heterocycles. The van der Waals surface area contributed by atoms with Crippen molar-refractivity contribution < 1.29 is 19.1 Å². The van der Waals surface area contributed by atoms with E-state index in [2.05, 4.69) is 6.92 Å². The number of ether oxygens (including phenoxy) is 2. The fraction of sp³-hybridized carbons (Fsp3) is 0.895. The van der Waals surface area contributed by atoms with E-state index in [0.717, 1.165) is 18.8 Å². The van der Waals surface area contributed by atoms with Crippen molar-refractivity contribution >= 4 is 11.9 Å². The largest absolute Gasteiger partial charge is 0.465 e. The Morgan fingerprint density at radius 3 is 2.52 bits per heavy atom. The van der Waals surface area contributed by atoms with Crippen LogP contribution < -0.4 is 0 Å². The first-order chi connectivity index (χ1) is 10.8. The van der Waals surface area contributed by atoms with Crippen LogP contribution in [0.3, 0.4) is 0 Å². The van der Waals surface area contributed by atoms with E-state index in [0.29, 0.717) is 31.8 Å². The monoisotopic (exact) mass is 324 g/mol. The molecular formula is C19H32O4. The summed E-state index contributed by atoms with van der Waals surface area (Å²) in [5.74, 6) is 1.07. The highest BCUT2D eigenvalue weighted by Crippen LogP contribution is 2.52. The molecule has 0 radical (unpaired) electrons. The lowest BCUT2D eigenvalue weighted by molar-refractivity contribution is -0.163. The quantitative estimate of drug-likeness (QED) is 0.494. The van der Waals surface area contributed by atoms with E-state index in [4.69, 9.17) is 9.47 Å². The van der Waals surface area contributed by atoms with Gasteiger partial charge in [0.1, 0.15) is 5.60 Å². The summed E-state index contributed by atoms with van der Waals surface area (Å²) in [4.78, 5) is 23.9. The highest BCUT2D eigenvalue weighted by atomic mass is 16.6. The molecule has 3 unspecified atom stereocenters. The number of carbonyl (C=O) groups excluding carboxylic acids is 2. The number of carbonyl (C=O) groups is 2. The average Bonchev–Trinajstić information content (AvgIpc) is 3.06. The van der Waals surface area contributed by atoms with Gasteiger partial charge in [-0.1, -0.05) is 6.92 Å². The van der Waals surface area contributed by atoms with Crippen LogP contribution in [-0.2, 0) is 19.1 Å². The van der Waals surface area contributed by atoms with E-state index in [-0.39, 0.29) is 17.5 Å². The van der Waals surface area contributed by atoms with E-state index in [1.165, 1.54) is 19.3 Å². The third-order valence-electron chi connectivity index (χ3n) is 5.89. The first-order valence-corrected chi connectivity index (χ1v) is 9.16. The molecule has 132 valence electrons. The molecular weight excluding hydrogens is 292 g/mol. The molecule has 2 fully saturated rings. The van der Waals surface area contributed by atoms with Crippen molar-refractivity contribution in [1.29, 1.82) is 0 Å². The smallest absolute Gasteiger partial charge is 0.311 e. The van der Waals surface area contributed by atoms with Crippen LogP contribution in [0.5, 0.6) is 0 Å². The number of fused-ring (bicyclic) bond motifs is 2. The Bertz CT molecular complexity index is 443. The van der Waals surface area contributed by atoms with Crippen molar-refractivity contribution in [1.82, 2.24) is 0 Å². The van der Waals surface area contributed by atoms with Crippen LogP contribution >= 0.6 is 0 Å². The molecule has 0 amide bonds. The second kappa shape index (κ2) is 7.23. The van der Waals surface area contributed by atoms with Gasteiger partial charge in [0.05, 0.1) is 12.0 Å². The van der Waals surface area contributed by atoms with Gasteiger partial charge in [0.25, 0.3) is 0 Å². The molecule has 0 aromatic heterocycles. The minimum absolute atomic E-state index is 0.0970. The number of hydrogen-bond donors (Lipinski definition) is 0. The summed E-state index contributed by atoms with van der Waals surface area (Å²) in [6.07, 6.45) is 7.38. The number of hydrogen-bond acceptors (Lipinski definition) is 4. The lowest BCUT2D eigenvalue weighted by Gasteiger charge is -2.33. The van der Waals surface area contributed by atoms with E-state index < -0.39 is 5.41 Å². The van der Waals surface area contributed by atoms with Gasteiger partial charge < -0.3 is 9.47 Å². The molecule has 0 aromatic rings. The first-order valence-electron chi connectivity index (χ1n) is 9.16. The maximum Gasteiger partial charge on any atom is 0.311 e. The summed E-state index contributed by atoms with van der Waals surface area (Å²) >= 11 is 0. The summed E-state index contributed by atoms with van der Waals surface area (Å²) in [6.45, 7) is 8.25. The summed E-state index contributed by atoms with van der Waals surface area (Å²) in [5.41, 5.74) is -0.646. The Labute approximate surface area is 140 Å². The van der Waals surface area contributed by atoms with Crippen LogP contribution in [-0.4, -0.2) is 24.1 Å². The molecule has 4 heteroatoms. The van der Waals surface area contributed by atoms with Crippen LogP contribution in [0.15, 0.2) is 0 Å². The third-order valence-corrected chi connectivity index (χ3v) is 5.89. The lowest BCUT2D eigenvalue weighted by Crippen LogP contribution is -2.37. The van der Waals surface area contributed by atoms with Gasteiger partial charge in [-0.2, -0.15) is 0 Å². The molecule has 0 heterocycles. The van der Waals surface area contributed by atoms with Gasteiger partial charge in [-0.3, -0.25) is 9.59 Å². The molecule has 4 nitrogen and oxygen atoms in total. The van der Waals surface area contributed by atoms with Crippen molar-refractivity contribution in [3.63, 3.8) is 0 Å². The molecule has 2 saturated carbocycles. The number of rotatable bonds is 8. The Balaban J connectivity index is 1.60. The predicted octanol–water partition coefficient (Wildman–Crippen LogP) is 4.26. The average molecular weight is 324 g/mol. The molecule has 2 rings (SSSR count). The minimum Gasteiger partial charge on any atom is -0.465 e. The second-order valence-corrected chi connectivity index (χ2v) is 8.20. The highest BCUT2D eigenvalue weighted by molar-refractivity contribution is 5.75. The number of esters is 2. The van der Waals surface area contributed by atoms with Crippen molar-refractivity contribution in [2.75, 3.05) is 6.61 Å². The van der Waals surface area contributed by atoms with E-state index in [1.54, 1.807) is 0 Å². The molecule has 2 aliphatic rings. The van der Waals surface area contributed by atoms with Crippen molar-refractivity contribution in [3.05, 3.63) is 0 Å². The van der Waals surface area contributed by atoms with Gasteiger partial charge in [-0.15, -0.1) is 0 Å². The standard InChI is InChI=1S/C19H32O4/c1-5-18(2,3)17(21)22-11-7-6-8-16(20)23-19(4)13-14-9-10-15(19)12-14/h14-15H,5-13H2,1-4H3. The normalized spacial score (nSPS) is 29.6. The molecule has 0 aliphatic heterocycles. The lowest BCUT2D eigenvalue weighted by atomic mass is 9.85. The molecule has 23 heavy (non-hydrogen) atoms. The Morgan fingerprint density at radius 1 is 1.22 bits per heavy atom.